The van der Waals surface area contributed by atoms with E-state index in [1.807, 2.05) is 0 Å². The first kappa shape index (κ1) is 17.1. The smallest absolute Gasteiger partial charge is 0.273 e. The third kappa shape index (κ3) is 4.58. The van der Waals surface area contributed by atoms with Crippen molar-refractivity contribution in [3.8, 4) is 11.5 Å². The van der Waals surface area contributed by atoms with Gasteiger partial charge in [-0.2, -0.15) is 0 Å². The molecular weight excluding hydrogens is 300 g/mol. The molecule has 1 saturated carbocycles. The summed E-state index contributed by atoms with van der Waals surface area (Å²) >= 11 is 0. The molecular formula is C16H22N2O5. The summed E-state index contributed by atoms with van der Waals surface area (Å²) in [6.45, 7) is 1.62. The van der Waals surface area contributed by atoms with Gasteiger partial charge in [-0.05, 0) is 25.8 Å². The molecule has 0 unspecified atom stereocenters. The van der Waals surface area contributed by atoms with E-state index in [-0.39, 0.29) is 23.4 Å². The van der Waals surface area contributed by atoms with Gasteiger partial charge in [-0.1, -0.05) is 19.3 Å². The van der Waals surface area contributed by atoms with E-state index in [9.17, 15) is 14.9 Å². The van der Waals surface area contributed by atoms with Gasteiger partial charge in [0, 0.05) is 12.1 Å². The number of amides is 1. The van der Waals surface area contributed by atoms with Crippen molar-refractivity contribution in [1.29, 1.82) is 0 Å². The van der Waals surface area contributed by atoms with Crippen molar-refractivity contribution >= 4 is 11.6 Å². The van der Waals surface area contributed by atoms with E-state index in [1.165, 1.54) is 31.7 Å². The highest BCUT2D eigenvalue weighted by Gasteiger charge is 2.22. The van der Waals surface area contributed by atoms with Crippen LogP contribution in [0.1, 0.15) is 39.0 Å². The number of hydrogen-bond acceptors (Lipinski definition) is 5. The van der Waals surface area contributed by atoms with Crippen molar-refractivity contribution in [3.63, 3.8) is 0 Å². The molecule has 7 nitrogen and oxygen atoms in total. The monoisotopic (exact) mass is 322 g/mol. The number of rotatable bonds is 6. The van der Waals surface area contributed by atoms with Gasteiger partial charge < -0.3 is 14.8 Å². The van der Waals surface area contributed by atoms with E-state index in [0.29, 0.717) is 5.75 Å². The highest BCUT2D eigenvalue weighted by atomic mass is 16.6. The summed E-state index contributed by atoms with van der Waals surface area (Å²) in [5, 5.41) is 13.8. The van der Waals surface area contributed by atoms with Crippen LogP contribution >= 0.6 is 0 Å². The number of nitro groups is 1. The molecule has 0 heterocycles. The van der Waals surface area contributed by atoms with Crippen LogP contribution in [-0.4, -0.2) is 30.1 Å². The lowest BCUT2D eigenvalue weighted by Gasteiger charge is -2.24. The summed E-state index contributed by atoms with van der Waals surface area (Å²) < 4.78 is 10.7. The second-order valence-electron chi connectivity index (χ2n) is 5.70. The molecule has 1 amide bonds. The summed E-state index contributed by atoms with van der Waals surface area (Å²) in [6, 6.07) is 4.25. The topological polar surface area (TPSA) is 90.7 Å². The van der Waals surface area contributed by atoms with Crippen molar-refractivity contribution in [3.05, 3.63) is 28.3 Å². The van der Waals surface area contributed by atoms with Crippen LogP contribution in [0.4, 0.5) is 5.69 Å². The molecule has 1 aromatic carbocycles. The van der Waals surface area contributed by atoms with Crippen molar-refractivity contribution in [1.82, 2.24) is 5.32 Å². The largest absolute Gasteiger partial charge is 0.493 e. The van der Waals surface area contributed by atoms with Gasteiger partial charge >= 0.3 is 0 Å². The molecule has 23 heavy (non-hydrogen) atoms. The quantitative estimate of drug-likeness (QED) is 0.642. The Hall–Kier alpha value is -2.31. The fourth-order valence-corrected chi connectivity index (χ4v) is 2.68. The minimum atomic E-state index is -0.757. The van der Waals surface area contributed by atoms with Gasteiger partial charge in [-0.15, -0.1) is 0 Å². The number of carbonyl (C=O) groups excluding carboxylic acids is 1. The van der Waals surface area contributed by atoms with Crippen LogP contribution in [0.15, 0.2) is 18.2 Å². The highest BCUT2D eigenvalue weighted by molar-refractivity contribution is 5.81. The molecule has 2 rings (SSSR count). The average Bonchev–Trinajstić information content (AvgIpc) is 2.55. The van der Waals surface area contributed by atoms with E-state index in [1.54, 1.807) is 6.92 Å². The molecule has 1 aliphatic carbocycles. The Balaban J connectivity index is 2.03. The van der Waals surface area contributed by atoms with E-state index >= 15 is 0 Å². The zero-order chi connectivity index (χ0) is 16.8. The first-order valence-corrected chi connectivity index (χ1v) is 7.80. The van der Waals surface area contributed by atoms with Gasteiger partial charge in [-0.3, -0.25) is 14.9 Å². The van der Waals surface area contributed by atoms with Gasteiger partial charge in [0.05, 0.1) is 18.1 Å². The third-order valence-electron chi connectivity index (χ3n) is 3.98. The van der Waals surface area contributed by atoms with Crippen LogP contribution in [0.25, 0.3) is 0 Å². The zero-order valence-corrected chi connectivity index (χ0v) is 13.4. The Bertz CT molecular complexity index is 570. The van der Waals surface area contributed by atoms with Crippen LogP contribution in [0.3, 0.4) is 0 Å². The van der Waals surface area contributed by atoms with Crippen molar-refractivity contribution in [2.75, 3.05) is 7.11 Å². The van der Waals surface area contributed by atoms with Crippen LogP contribution in [0, 0.1) is 10.1 Å². The minimum Gasteiger partial charge on any atom is -0.493 e. The number of ether oxygens (including phenoxy) is 2. The molecule has 1 aliphatic rings. The Morgan fingerprint density at radius 1 is 1.30 bits per heavy atom. The Morgan fingerprint density at radius 2 is 2.00 bits per heavy atom. The lowest BCUT2D eigenvalue weighted by Crippen LogP contribution is -2.43. The van der Waals surface area contributed by atoms with E-state index in [4.69, 9.17) is 9.47 Å². The number of non-ortho nitro benzene ring substituents is 1. The Morgan fingerprint density at radius 3 is 2.61 bits per heavy atom. The number of nitrogens with one attached hydrogen (secondary N) is 1. The fraction of sp³-hybridized carbons (Fsp3) is 0.562. The van der Waals surface area contributed by atoms with E-state index in [0.717, 1.165) is 25.7 Å². The standard InChI is InChI=1S/C16H22N2O5/c1-11(16(19)17-12-6-4-3-5-7-12)23-15-10-13(18(20)21)8-9-14(15)22-2/h8-12H,3-7H2,1-2H3,(H,17,19)/t11-/m1/s1. The summed E-state index contributed by atoms with van der Waals surface area (Å²) in [5.41, 5.74) is -0.110. The molecule has 0 spiro atoms. The molecule has 7 heteroatoms. The number of carbonyl (C=O) groups is 1. The van der Waals surface area contributed by atoms with Gasteiger partial charge in [-0.25, -0.2) is 0 Å². The molecule has 1 aromatic rings. The summed E-state index contributed by atoms with van der Waals surface area (Å²) in [5.74, 6) is 0.325. The first-order valence-electron chi connectivity index (χ1n) is 7.80. The maximum Gasteiger partial charge on any atom is 0.273 e. The van der Waals surface area contributed by atoms with Crippen LogP contribution in [0.2, 0.25) is 0 Å². The highest BCUT2D eigenvalue weighted by Crippen LogP contribution is 2.32. The Kier molecular flexibility index (Phi) is 5.78. The average molecular weight is 322 g/mol. The molecule has 1 atom stereocenters. The van der Waals surface area contributed by atoms with Crippen LogP contribution < -0.4 is 14.8 Å². The molecule has 126 valence electrons. The molecule has 0 saturated heterocycles. The second-order valence-corrected chi connectivity index (χ2v) is 5.70. The van der Waals surface area contributed by atoms with Gasteiger partial charge in [0.1, 0.15) is 0 Å². The molecule has 1 fully saturated rings. The fourth-order valence-electron chi connectivity index (χ4n) is 2.68. The van der Waals surface area contributed by atoms with Gasteiger partial charge in [0.15, 0.2) is 17.6 Å². The molecule has 0 bridgehead atoms. The van der Waals surface area contributed by atoms with Gasteiger partial charge in [0.25, 0.3) is 11.6 Å². The molecule has 0 radical (unpaired) electrons. The van der Waals surface area contributed by atoms with Crippen molar-refractivity contribution < 1.29 is 19.2 Å². The lowest BCUT2D eigenvalue weighted by atomic mass is 9.95. The number of nitro benzene ring substituents is 1. The maximum atomic E-state index is 12.2. The Labute approximate surface area is 135 Å². The van der Waals surface area contributed by atoms with Crippen molar-refractivity contribution in [2.45, 2.75) is 51.2 Å². The van der Waals surface area contributed by atoms with E-state index < -0.39 is 11.0 Å². The summed E-state index contributed by atoms with van der Waals surface area (Å²) in [6.07, 6.45) is 4.67. The second kappa shape index (κ2) is 7.80. The number of nitrogens with zero attached hydrogens (tertiary/aromatic N) is 1. The molecule has 1 N–H and O–H groups in total. The molecule has 0 aliphatic heterocycles. The maximum absolute atomic E-state index is 12.2. The number of benzene rings is 1. The van der Waals surface area contributed by atoms with Gasteiger partial charge in [0.2, 0.25) is 0 Å². The first-order chi connectivity index (χ1) is 11.0. The SMILES string of the molecule is COc1ccc([N+](=O)[O-])cc1O[C@H](C)C(=O)NC1CCCCC1. The summed E-state index contributed by atoms with van der Waals surface area (Å²) in [4.78, 5) is 22.6. The third-order valence-corrected chi connectivity index (χ3v) is 3.98. The molecule has 0 aromatic heterocycles. The lowest BCUT2D eigenvalue weighted by molar-refractivity contribution is -0.385. The predicted octanol–water partition coefficient (Wildman–Crippen LogP) is 2.82. The normalized spacial score (nSPS) is 16.4. The summed E-state index contributed by atoms with van der Waals surface area (Å²) in [7, 11) is 1.45. The number of hydrogen-bond donors (Lipinski definition) is 1. The minimum absolute atomic E-state index is 0.110. The van der Waals surface area contributed by atoms with Crippen LogP contribution in [-0.2, 0) is 4.79 Å². The number of methoxy groups -OCH3 is 1. The zero-order valence-electron chi connectivity index (χ0n) is 13.4. The predicted molar refractivity (Wildman–Crippen MR) is 84.8 cm³/mol. The van der Waals surface area contributed by atoms with Crippen LogP contribution in [0.5, 0.6) is 11.5 Å². The van der Waals surface area contributed by atoms with E-state index in [2.05, 4.69) is 5.32 Å². The van der Waals surface area contributed by atoms with Crippen molar-refractivity contribution in [2.24, 2.45) is 0 Å².